The highest BCUT2D eigenvalue weighted by atomic mass is 35.5. The summed E-state index contributed by atoms with van der Waals surface area (Å²) < 4.78 is 52.4. The molecular weight excluding hydrogens is 296 g/mol. The molecule has 0 aliphatic heterocycles. The molecular formula is C12H8ClF2NO2S. The minimum Gasteiger partial charge on any atom is -0.279 e. The van der Waals surface area contributed by atoms with Crippen LogP contribution in [0.25, 0.3) is 0 Å². The second kappa shape index (κ2) is 5.14. The Morgan fingerprint density at radius 1 is 1.05 bits per heavy atom. The van der Waals surface area contributed by atoms with Gasteiger partial charge in [-0.05, 0) is 36.4 Å². The van der Waals surface area contributed by atoms with Gasteiger partial charge in [0.1, 0.15) is 16.5 Å². The molecule has 0 heterocycles. The first kappa shape index (κ1) is 13.8. The molecule has 19 heavy (non-hydrogen) atoms. The maximum absolute atomic E-state index is 13.5. The third kappa shape index (κ3) is 3.21. The Kier molecular flexibility index (Phi) is 3.73. The molecule has 0 spiro atoms. The highest BCUT2D eigenvalue weighted by Crippen LogP contribution is 2.22. The Balaban J connectivity index is 2.40. The molecule has 0 fully saturated rings. The zero-order chi connectivity index (χ0) is 14.0. The van der Waals surface area contributed by atoms with Gasteiger partial charge in [0.2, 0.25) is 0 Å². The Labute approximate surface area is 113 Å². The topological polar surface area (TPSA) is 46.2 Å². The van der Waals surface area contributed by atoms with Crippen LogP contribution in [0, 0.1) is 11.6 Å². The van der Waals surface area contributed by atoms with Crippen LogP contribution in [-0.2, 0) is 10.0 Å². The molecule has 0 amide bonds. The van der Waals surface area contributed by atoms with Gasteiger partial charge in [0.05, 0.1) is 5.69 Å². The minimum absolute atomic E-state index is 0.000578. The van der Waals surface area contributed by atoms with Crippen molar-refractivity contribution in [2.45, 2.75) is 4.90 Å². The van der Waals surface area contributed by atoms with Gasteiger partial charge in [0.25, 0.3) is 10.0 Å². The smallest absolute Gasteiger partial charge is 0.264 e. The first-order valence-corrected chi connectivity index (χ1v) is 6.98. The fraction of sp³-hybridized carbons (Fsp3) is 0. The molecule has 0 aromatic heterocycles. The highest BCUT2D eigenvalue weighted by molar-refractivity contribution is 7.92. The summed E-state index contributed by atoms with van der Waals surface area (Å²) >= 11 is 5.63. The number of hydrogen-bond acceptors (Lipinski definition) is 2. The van der Waals surface area contributed by atoms with E-state index in [1.165, 1.54) is 18.2 Å². The van der Waals surface area contributed by atoms with Gasteiger partial charge in [-0.2, -0.15) is 0 Å². The van der Waals surface area contributed by atoms with Crippen molar-refractivity contribution >= 4 is 27.3 Å². The van der Waals surface area contributed by atoms with Gasteiger partial charge in [0.15, 0.2) is 0 Å². The molecule has 1 N–H and O–H groups in total. The van der Waals surface area contributed by atoms with Crippen molar-refractivity contribution in [3.8, 4) is 0 Å². The number of sulfonamides is 1. The van der Waals surface area contributed by atoms with Crippen molar-refractivity contribution in [1.29, 1.82) is 0 Å². The lowest BCUT2D eigenvalue weighted by molar-refractivity contribution is 0.570. The van der Waals surface area contributed by atoms with Crippen molar-refractivity contribution in [3.05, 3.63) is 59.1 Å². The van der Waals surface area contributed by atoms with Crippen molar-refractivity contribution in [2.24, 2.45) is 0 Å². The lowest BCUT2D eigenvalue weighted by Crippen LogP contribution is -2.14. The second-order valence-corrected chi connectivity index (χ2v) is 5.78. The molecule has 100 valence electrons. The first-order valence-electron chi connectivity index (χ1n) is 5.12. The molecule has 2 rings (SSSR count). The van der Waals surface area contributed by atoms with E-state index in [0.29, 0.717) is 0 Å². The summed E-state index contributed by atoms with van der Waals surface area (Å²) in [6, 6.07) is 8.00. The van der Waals surface area contributed by atoms with E-state index in [4.69, 9.17) is 11.6 Å². The van der Waals surface area contributed by atoms with Crippen LogP contribution in [0.1, 0.15) is 0 Å². The molecule has 2 aromatic carbocycles. The average Bonchev–Trinajstić information content (AvgIpc) is 2.31. The van der Waals surface area contributed by atoms with Crippen molar-refractivity contribution in [1.82, 2.24) is 0 Å². The fourth-order valence-corrected chi connectivity index (χ4v) is 2.84. The van der Waals surface area contributed by atoms with Gasteiger partial charge in [0, 0.05) is 5.02 Å². The Morgan fingerprint density at radius 3 is 2.47 bits per heavy atom. The molecule has 0 atom stereocenters. The number of anilines is 1. The Morgan fingerprint density at radius 2 is 1.79 bits per heavy atom. The van der Waals surface area contributed by atoms with Crippen LogP contribution in [0.4, 0.5) is 14.5 Å². The van der Waals surface area contributed by atoms with Gasteiger partial charge in [-0.1, -0.05) is 17.7 Å². The van der Waals surface area contributed by atoms with E-state index >= 15 is 0 Å². The van der Waals surface area contributed by atoms with Crippen LogP contribution in [-0.4, -0.2) is 8.42 Å². The summed E-state index contributed by atoms with van der Waals surface area (Å²) in [5.41, 5.74) is -0.000578. The van der Waals surface area contributed by atoms with E-state index in [0.717, 1.165) is 24.3 Å². The summed E-state index contributed by atoms with van der Waals surface area (Å²) in [6.07, 6.45) is 0. The van der Waals surface area contributed by atoms with Crippen LogP contribution in [0.2, 0.25) is 5.02 Å². The Bertz CT molecular complexity index is 719. The SMILES string of the molecule is O=S(=O)(Nc1cccc(F)c1)c1cc(Cl)ccc1F. The predicted octanol–water partition coefficient (Wildman–Crippen LogP) is 3.42. The summed E-state index contributed by atoms with van der Waals surface area (Å²) in [6.45, 7) is 0. The van der Waals surface area contributed by atoms with Gasteiger partial charge in [-0.3, -0.25) is 4.72 Å². The maximum Gasteiger partial charge on any atom is 0.264 e. The average molecular weight is 304 g/mol. The molecule has 0 aliphatic carbocycles. The molecule has 0 radical (unpaired) electrons. The largest absolute Gasteiger partial charge is 0.279 e. The van der Waals surface area contributed by atoms with Gasteiger partial charge in [-0.25, -0.2) is 17.2 Å². The summed E-state index contributed by atoms with van der Waals surface area (Å²) in [5.74, 6) is -1.54. The molecule has 0 bridgehead atoms. The van der Waals surface area contributed by atoms with Crippen LogP contribution in [0.3, 0.4) is 0 Å². The van der Waals surface area contributed by atoms with E-state index < -0.39 is 26.6 Å². The molecule has 0 unspecified atom stereocenters. The molecule has 7 heteroatoms. The van der Waals surface area contributed by atoms with E-state index in [-0.39, 0.29) is 10.7 Å². The molecule has 0 saturated carbocycles. The molecule has 3 nitrogen and oxygen atoms in total. The number of nitrogens with one attached hydrogen (secondary N) is 1. The quantitative estimate of drug-likeness (QED) is 0.944. The number of rotatable bonds is 3. The number of benzene rings is 2. The predicted molar refractivity (Wildman–Crippen MR) is 68.6 cm³/mol. The summed E-state index contributed by atoms with van der Waals surface area (Å²) in [4.78, 5) is -0.593. The van der Waals surface area contributed by atoms with E-state index in [2.05, 4.69) is 4.72 Å². The molecule has 0 saturated heterocycles. The second-order valence-electron chi connectivity index (χ2n) is 3.69. The zero-order valence-electron chi connectivity index (χ0n) is 9.40. The summed E-state index contributed by atoms with van der Waals surface area (Å²) in [7, 11) is -4.16. The normalized spacial score (nSPS) is 11.3. The van der Waals surface area contributed by atoms with Crippen LogP contribution in [0.5, 0.6) is 0 Å². The first-order chi connectivity index (χ1) is 8.88. The van der Waals surface area contributed by atoms with E-state index in [1.807, 2.05) is 0 Å². The zero-order valence-corrected chi connectivity index (χ0v) is 11.0. The number of halogens is 3. The lowest BCUT2D eigenvalue weighted by atomic mass is 10.3. The highest BCUT2D eigenvalue weighted by Gasteiger charge is 2.19. The third-order valence-electron chi connectivity index (χ3n) is 2.26. The van der Waals surface area contributed by atoms with Gasteiger partial charge in [-0.15, -0.1) is 0 Å². The summed E-state index contributed by atoms with van der Waals surface area (Å²) in [5, 5.41) is 0.0843. The minimum atomic E-state index is -4.16. The standard InChI is InChI=1S/C12H8ClF2NO2S/c13-8-4-5-11(15)12(6-8)19(17,18)16-10-3-1-2-9(14)7-10/h1-7,16H. The van der Waals surface area contributed by atoms with E-state index in [9.17, 15) is 17.2 Å². The Hall–Kier alpha value is -1.66. The maximum atomic E-state index is 13.5. The van der Waals surface area contributed by atoms with Crippen molar-refractivity contribution in [3.63, 3.8) is 0 Å². The monoisotopic (exact) mass is 303 g/mol. The van der Waals surface area contributed by atoms with Gasteiger partial charge < -0.3 is 0 Å². The van der Waals surface area contributed by atoms with E-state index in [1.54, 1.807) is 0 Å². The third-order valence-corrected chi connectivity index (χ3v) is 3.89. The van der Waals surface area contributed by atoms with Crippen LogP contribution < -0.4 is 4.72 Å². The lowest BCUT2D eigenvalue weighted by Gasteiger charge is -2.09. The molecule has 2 aromatic rings. The van der Waals surface area contributed by atoms with Gasteiger partial charge >= 0.3 is 0 Å². The fourth-order valence-electron chi connectivity index (χ4n) is 1.45. The van der Waals surface area contributed by atoms with Crippen LogP contribution >= 0.6 is 11.6 Å². The van der Waals surface area contributed by atoms with Crippen molar-refractivity contribution in [2.75, 3.05) is 4.72 Å². The molecule has 0 aliphatic rings. The van der Waals surface area contributed by atoms with Crippen molar-refractivity contribution < 1.29 is 17.2 Å². The number of hydrogen-bond donors (Lipinski definition) is 1. The van der Waals surface area contributed by atoms with Crippen LogP contribution in [0.15, 0.2) is 47.4 Å².